The lowest BCUT2D eigenvalue weighted by atomic mass is 10.2. The van der Waals surface area contributed by atoms with Crippen molar-refractivity contribution >= 4 is 23.2 Å². The summed E-state index contributed by atoms with van der Waals surface area (Å²) in [4.78, 5) is 25.0. The SMILES string of the molecule is CCN(CC(N)=O)C(=O)c1sccc1C#CCN. The second kappa shape index (κ2) is 6.79. The highest BCUT2D eigenvalue weighted by molar-refractivity contribution is 7.12. The number of amides is 2. The first-order valence-corrected chi connectivity index (χ1v) is 6.32. The van der Waals surface area contributed by atoms with Gasteiger partial charge in [-0.05, 0) is 18.4 Å². The van der Waals surface area contributed by atoms with Crippen molar-refractivity contribution in [1.29, 1.82) is 0 Å². The summed E-state index contributed by atoms with van der Waals surface area (Å²) in [6, 6.07) is 1.76. The van der Waals surface area contributed by atoms with Crippen LogP contribution in [0.5, 0.6) is 0 Å². The Labute approximate surface area is 110 Å². The monoisotopic (exact) mass is 265 g/mol. The van der Waals surface area contributed by atoms with Crippen LogP contribution >= 0.6 is 11.3 Å². The molecular formula is C12H15N3O2S. The summed E-state index contributed by atoms with van der Waals surface area (Å²) >= 11 is 1.29. The summed E-state index contributed by atoms with van der Waals surface area (Å²) < 4.78 is 0. The van der Waals surface area contributed by atoms with Gasteiger partial charge in [0.05, 0.1) is 13.1 Å². The van der Waals surface area contributed by atoms with Gasteiger partial charge >= 0.3 is 0 Å². The molecule has 2 amide bonds. The summed E-state index contributed by atoms with van der Waals surface area (Å²) in [5.74, 6) is 4.78. The lowest BCUT2D eigenvalue weighted by molar-refractivity contribution is -0.118. The molecule has 1 aromatic rings. The Kier molecular flexibility index (Phi) is 5.36. The molecule has 0 atom stereocenters. The molecule has 0 unspecified atom stereocenters. The van der Waals surface area contributed by atoms with Gasteiger partial charge in [-0.1, -0.05) is 11.8 Å². The molecule has 0 bridgehead atoms. The van der Waals surface area contributed by atoms with Crippen molar-refractivity contribution in [2.75, 3.05) is 19.6 Å². The molecule has 4 N–H and O–H groups in total. The molecule has 1 aromatic heterocycles. The van der Waals surface area contributed by atoms with Crippen LogP contribution in [-0.2, 0) is 4.79 Å². The van der Waals surface area contributed by atoms with Gasteiger partial charge in [0.2, 0.25) is 5.91 Å². The molecule has 96 valence electrons. The lowest BCUT2D eigenvalue weighted by Gasteiger charge is -2.18. The number of likely N-dealkylation sites (N-methyl/N-ethyl adjacent to an activating group) is 1. The maximum atomic E-state index is 12.2. The van der Waals surface area contributed by atoms with Crippen LogP contribution in [-0.4, -0.2) is 36.3 Å². The van der Waals surface area contributed by atoms with Gasteiger partial charge in [-0.3, -0.25) is 9.59 Å². The Morgan fingerprint density at radius 3 is 2.78 bits per heavy atom. The van der Waals surface area contributed by atoms with Gasteiger partial charge in [-0.25, -0.2) is 0 Å². The lowest BCUT2D eigenvalue weighted by Crippen LogP contribution is -2.38. The summed E-state index contributed by atoms with van der Waals surface area (Å²) in [5, 5.41) is 1.78. The van der Waals surface area contributed by atoms with Crippen molar-refractivity contribution in [3.05, 3.63) is 21.9 Å². The van der Waals surface area contributed by atoms with Crippen molar-refractivity contribution in [3.63, 3.8) is 0 Å². The zero-order chi connectivity index (χ0) is 13.5. The van der Waals surface area contributed by atoms with E-state index in [0.717, 1.165) is 0 Å². The predicted octanol–water partition coefficient (Wildman–Crippen LogP) is 0.00570. The number of nitrogens with zero attached hydrogens (tertiary/aromatic N) is 1. The fourth-order valence-electron chi connectivity index (χ4n) is 1.38. The number of carbonyl (C=O) groups excluding carboxylic acids is 2. The molecule has 5 nitrogen and oxygen atoms in total. The molecule has 0 aliphatic carbocycles. The van der Waals surface area contributed by atoms with E-state index in [4.69, 9.17) is 11.5 Å². The number of thiophene rings is 1. The smallest absolute Gasteiger partial charge is 0.265 e. The van der Waals surface area contributed by atoms with E-state index in [-0.39, 0.29) is 19.0 Å². The third-order valence-corrected chi connectivity index (χ3v) is 3.10. The third-order valence-electron chi connectivity index (χ3n) is 2.20. The maximum Gasteiger partial charge on any atom is 0.265 e. The standard InChI is InChI=1S/C12H15N3O2S/c1-2-15(8-10(14)16)12(17)11-9(4-3-6-13)5-7-18-11/h5,7H,2,6,8,13H2,1H3,(H2,14,16). The zero-order valence-corrected chi connectivity index (χ0v) is 10.9. The molecular weight excluding hydrogens is 250 g/mol. The van der Waals surface area contributed by atoms with E-state index >= 15 is 0 Å². The second-order valence-corrected chi connectivity index (χ2v) is 4.37. The number of carbonyl (C=O) groups is 2. The number of nitrogens with two attached hydrogens (primary N) is 2. The van der Waals surface area contributed by atoms with Gasteiger partial charge in [0.15, 0.2) is 0 Å². The van der Waals surface area contributed by atoms with Gasteiger partial charge in [0.1, 0.15) is 4.88 Å². The highest BCUT2D eigenvalue weighted by Gasteiger charge is 2.19. The van der Waals surface area contributed by atoms with Crippen LogP contribution in [0.25, 0.3) is 0 Å². The highest BCUT2D eigenvalue weighted by Crippen LogP contribution is 2.18. The van der Waals surface area contributed by atoms with Crippen molar-refractivity contribution in [1.82, 2.24) is 4.90 Å². The van der Waals surface area contributed by atoms with E-state index in [1.165, 1.54) is 16.2 Å². The first-order chi connectivity index (χ1) is 8.60. The van der Waals surface area contributed by atoms with Gasteiger partial charge in [-0.15, -0.1) is 11.3 Å². The number of rotatable bonds is 4. The van der Waals surface area contributed by atoms with Crippen LogP contribution in [0.15, 0.2) is 11.4 Å². The molecule has 0 aliphatic rings. The van der Waals surface area contributed by atoms with Crippen molar-refractivity contribution in [2.45, 2.75) is 6.92 Å². The molecule has 0 radical (unpaired) electrons. The Hall–Kier alpha value is -1.84. The fourth-order valence-corrected chi connectivity index (χ4v) is 2.19. The topological polar surface area (TPSA) is 89.4 Å². The molecule has 0 saturated heterocycles. The van der Waals surface area contributed by atoms with Crippen LogP contribution in [0.2, 0.25) is 0 Å². The van der Waals surface area contributed by atoms with Gasteiger partial charge in [0.25, 0.3) is 5.91 Å². The van der Waals surface area contributed by atoms with E-state index in [1.54, 1.807) is 18.4 Å². The minimum atomic E-state index is -0.531. The van der Waals surface area contributed by atoms with Crippen LogP contribution in [0, 0.1) is 11.8 Å². The van der Waals surface area contributed by atoms with E-state index in [2.05, 4.69) is 11.8 Å². The van der Waals surface area contributed by atoms with Crippen molar-refractivity contribution < 1.29 is 9.59 Å². The van der Waals surface area contributed by atoms with Crippen molar-refractivity contribution in [3.8, 4) is 11.8 Å². The van der Waals surface area contributed by atoms with Crippen LogP contribution in [0.1, 0.15) is 22.2 Å². The number of primary amides is 1. The Morgan fingerprint density at radius 2 is 2.22 bits per heavy atom. The summed E-state index contributed by atoms with van der Waals surface area (Å²) in [6.45, 7) is 2.36. The zero-order valence-electron chi connectivity index (χ0n) is 10.1. The van der Waals surface area contributed by atoms with Gasteiger partial charge < -0.3 is 16.4 Å². The van der Waals surface area contributed by atoms with E-state index in [1.807, 2.05) is 0 Å². The number of hydrogen-bond acceptors (Lipinski definition) is 4. The molecule has 18 heavy (non-hydrogen) atoms. The van der Waals surface area contributed by atoms with Crippen LogP contribution in [0.4, 0.5) is 0 Å². The Balaban J connectivity index is 2.95. The average molecular weight is 265 g/mol. The fraction of sp³-hybridized carbons (Fsp3) is 0.333. The molecule has 0 fully saturated rings. The highest BCUT2D eigenvalue weighted by atomic mass is 32.1. The second-order valence-electron chi connectivity index (χ2n) is 3.45. The largest absolute Gasteiger partial charge is 0.368 e. The molecule has 6 heteroatoms. The Morgan fingerprint density at radius 1 is 1.50 bits per heavy atom. The minimum absolute atomic E-state index is 0.0863. The summed E-state index contributed by atoms with van der Waals surface area (Å²) in [7, 11) is 0. The van der Waals surface area contributed by atoms with Crippen molar-refractivity contribution in [2.24, 2.45) is 11.5 Å². The maximum absolute atomic E-state index is 12.2. The normalized spacial score (nSPS) is 9.44. The summed E-state index contributed by atoms with van der Waals surface area (Å²) in [5.41, 5.74) is 11.0. The Bertz CT molecular complexity index is 499. The predicted molar refractivity (Wildman–Crippen MR) is 71.0 cm³/mol. The molecule has 0 spiro atoms. The van der Waals surface area contributed by atoms with E-state index in [9.17, 15) is 9.59 Å². The van der Waals surface area contributed by atoms with E-state index in [0.29, 0.717) is 17.0 Å². The van der Waals surface area contributed by atoms with Crippen LogP contribution in [0.3, 0.4) is 0 Å². The van der Waals surface area contributed by atoms with Gasteiger partial charge in [-0.2, -0.15) is 0 Å². The third kappa shape index (κ3) is 3.58. The summed E-state index contributed by atoms with van der Waals surface area (Å²) in [6.07, 6.45) is 0. The molecule has 0 aromatic carbocycles. The molecule has 0 saturated carbocycles. The average Bonchev–Trinajstić information content (AvgIpc) is 2.80. The molecule has 1 heterocycles. The number of hydrogen-bond donors (Lipinski definition) is 2. The first-order valence-electron chi connectivity index (χ1n) is 5.44. The van der Waals surface area contributed by atoms with Crippen LogP contribution < -0.4 is 11.5 Å². The quantitative estimate of drug-likeness (QED) is 0.751. The molecule has 1 rings (SSSR count). The molecule has 0 aliphatic heterocycles. The first kappa shape index (κ1) is 14.2. The minimum Gasteiger partial charge on any atom is -0.368 e. The van der Waals surface area contributed by atoms with Gasteiger partial charge in [0, 0.05) is 12.1 Å². The van der Waals surface area contributed by atoms with E-state index < -0.39 is 5.91 Å².